The molecule has 1 aliphatic carbocycles. The Balaban J connectivity index is 1.85. The Hall–Kier alpha value is -1.20. The van der Waals surface area contributed by atoms with Crippen LogP contribution >= 0.6 is 23.2 Å². The van der Waals surface area contributed by atoms with E-state index in [1.54, 1.807) is 17.7 Å². The van der Waals surface area contributed by atoms with E-state index in [9.17, 15) is 9.59 Å². The predicted molar refractivity (Wildman–Crippen MR) is 80.9 cm³/mol. The molecule has 1 aliphatic rings. The molecule has 1 aromatic rings. The maximum Gasteiger partial charge on any atom is 0.306 e. The standard InChI is InChI=1S/C14H18Cl2N2O3/c1-18-11(6-10(15)12(18)16)13(19)17-7-8-2-4-9(5-3-8)14(20)21/h6,8-9H,2-5,7H2,1H3,(H,17,19)(H,20,21). The van der Waals surface area contributed by atoms with Crippen LogP contribution in [0, 0.1) is 11.8 Å². The largest absolute Gasteiger partial charge is 0.481 e. The molecule has 5 nitrogen and oxygen atoms in total. The molecule has 7 heteroatoms. The predicted octanol–water partition coefficient (Wildman–Crippen LogP) is 2.95. The summed E-state index contributed by atoms with van der Waals surface area (Å²) in [6.45, 7) is 0.547. The Bertz CT molecular complexity index is 549. The Morgan fingerprint density at radius 3 is 2.43 bits per heavy atom. The Labute approximate surface area is 133 Å². The summed E-state index contributed by atoms with van der Waals surface area (Å²) in [6, 6.07) is 1.54. The molecule has 2 rings (SSSR count). The van der Waals surface area contributed by atoms with Crippen molar-refractivity contribution in [2.75, 3.05) is 6.54 Å². The zero-order valence-electron chi connectivity index (χ0n) is 11.7. The first kappa shape index (κ1) is 16.2. The Kier molecular flexibility index (Phi) is 5.17. The molecule has 1 heterocycles. The number of hydrogen-bond acceptors (Lipinski definition) is 2. The molecule has 1 amide bonds. The summed E-state index contributed by atoms with van der Waals surface area (Å²) >= 11 is 11.8. The van der Waals surface area contributed by atoms with Crippen LogP contribution in [0.5, 0.6) is 0 Å². The quantitative estimate of drug-likeness (QED) is 0.890. The number of nitrogens with one attached hydrogen (secondary N) is 1. The van der Waals surface area contributed by atoms with Gasteiger partial charge in [-0.2, -0.15) is 0 Å². The molecular weight excluding hydrogens is 315 g/mol. The van der Waals surface area contributed by atoms with E-state index < -0.39 is 5.97 Å². The molecule has 0 unspecified atom stereocenters. The van der Waals surface area contributed by atoms with E-state index in [0.717, 1.165) is 12.8 Å². The van der Waals surface area contributed by atoms with E-state index in [-0.39, 0.29) is 11.8 Å². The number of carbonyl (C=O) groups is 2. The van der Waals surface area contributed by atoms with Crippen LogP contribution in [0.25, 0.3) is 0 Å². The molecule has 1 aromatic heterocycles. The van der Waals surface area contributed by atoms with Gasteiger partial charge in [0.2, 0.25) is 0 Å². The van der Waals surface area contributed by atoms with E-state index in [4.69, 9.17) is 28.3 Å². The third-order valence-corrected chi connectivity index (χ3v) is 4.94. The molecule has 116 valence electrons. The van der Waals surface area contributed by atoms with Gasteiger partial charge in [0, 0.05) is 13.6 Å². The van der Waals surface area contributed by atoms with Gasteiger partial charge in [0.05, 0.1) is 10.9 Å². The highest BCUT2D eigenvalue weighted by Crippen LogP contribution is 2.29. The SMILES string of the molecule is Cn1c(C(=O)NCC2CCC(C(=O)O)CC2)cc(Cl)c1Cl. The number of carbonyl (C=O) groups excluding carboxylic acids is 1. The number of aliphatic carboxylic acids is 1. The van der Waals surface area contributed by atoms with Gasteiger partial charge in [0.25, 0.3) is 5.91 Å². The van der Waals surface area contributed by atoms with Crippen LogP contribution in [0.3, 0.4) is 0 Å². The van der Waals surface area contributed by atoms with Gasteiger partial charge in [0.1, 0.15) is 10.8 Å². The average molecular weight is 333 g/mol. The summed E-state index contributed by atoms with van der Waals surface area (Å²) < 4.78 is 1.54. The highest BCUT2D eigenvalue weighted by Gasteiger charge is 2.26. The van der Waals surface area contributed by atoms with Gasteiger partial charge in [-0.05, 0) is 37.7 Å². The molecule has 2 N–H and O–H groups in total. The molecule has 0 radical (unpaired) electrons. The number of halogens is 2. The molecule has 0 spiro atoms. The number of amides is 1. The van der Waals surface area contributed by atoms with Crippen molar-refractivity contribution in [1.29, 1.82) is 0 Å². The van der Waals surface area contributed by atoms with Crippen LogP contribution < -0.4 is 5.32 Å². The number of carboxylic acids is 1. The van der Waals surface area contributed by atoms with Gasteiger partial charge < -0.3 is 15.0 Å². The number of aromatic nitrogens is 1. The molecule has 1 fully saturated rings. The van der Waals surface area contributed by atoms with Gasteiger partial charge >= 0.3 is 5.97 Å². The second kappa shape index (κ2) is 6.71. The molecule has 0 atom stereocenters. The smallest absolute Gasteiger partial charge is 0.306 e. The zero-order chi connectivity index (χ0) is 15.6. The van der Waals surface area contributed by atoms with Crippen molar-refractivity contribution in [3.05, 3.63) is 21.9 Å². The summed E-state index contributed by atoms with van der Waals surface area (Å²) in [7, 11) is 1.68. The normalized spacial score (nSPS) is 22.0. The number of carboxylic acid groups (broad SMARTS) is 1. The highest BCUT2D eigenvalue weighted by atomic mass is 35.5. The lowest BCUT2D eigenvalue weighted by molar-refractivity contribution is -0.143. The van der Waals surface area contributed by atoms with Crippen molar-refractivity contribution in [1.82, 2.24) is 9.88 Å². The van der Waals surface area contributed by atoms with Gasteiger partial charge in [0.15, 0.2) is 0 Å². The van der Waals surface area contributed by atoms with Crippen LogP contribution in [0.4, 0.5) is 0 Å². The fraction of sp³-hybridized carbons (Fsp3) is 0.571. The monoisotopic (exact) mass is 332 g/mol. The Morgan fingerprint density at radius 1 is 1.33 bits per heavy atom. The molecule has 0 aliphatic heterocycles. The third kappa shape index (κ3) is 3.71. The molecule has 0 bridgehead atoms. The summed E-state index contributed by atoms with van der Waals surface area (Å²) in [5, 5.41) is 12.5. The number of hydrogen-bond donors (Lipinski definition) is 2. The first-order valence-corrected chi connectivity index (χ1v) is 7.67. The fourth-order valence-corrected chi connectivity index (χ4v) is 3.08. The van der Waals surface area contributed by atoms with E-state index in [0.29, 0.717) is 41.2 Å². The topological polar surface area (TPSA) is 71.3 Å². The summed E-state index contributed by atoms with van der Waals surface area (Å²) in [6.07, 6.45) is 3.01. The van der Waals surface area contributed by atoms with Gasteiger partial charge in [-0.1, -0.05) is 23.2 Å². The van der Waals surface area contributed by atoms with Crippen molar-refractivity contribution in [2.24, 2.45) is 18.9 Å². The van der Waals surface area contributed by atoms with Crippen molar-refractivity contribution in [3.63, 3.8) is 0 Å². The molecule has 21 heavy (non-hydrogen) atoms. The van der Waals surface area contributed by atoms with Crippen LogP contribution in [0.1, 0.15) is 36.2 Å². The van der Waals surface area contributed by atoms with Crippen molar-refractivity contribution < 1.29 is 14.7 Å². The third-order valence-electron chi connectivity index (χ3n) is 4.10. The lowest BCUT2D eigenvalue weighted by atomic mass is 9.82. The molecule has 0 saturated heterocycles. The summed E-state index contributed by atoms with van der Waals surface area (Å²) in [5.74, 6) is -0.838. The minimum atomic E-state index is -0.717. The maximum absolute atomic E-state index is 12.1. The molecule has 1 saturated carbocycles. The molecule has 0 aromatic carbocycles. The second-order valence-corrected chi connectivity index (χ2v) is 6.26. The van der Waals surface area contributed by atoms with E-state index in [1.807, 2.05) is 0 Å². The van der Waals surface area contributed by atoms with Gasteiger partial charge in [-0.25, -0.2) is 0 Å². The van der Waals surface area contributed by atoms with Crippen molar-refractivity contribution in [3.8, 4) is 0 Å². The number of nitrogens with zero attached hydrogens (tertiary/aromatic N) is 1. The second-order valence-electron chi connectivity index (χ2n) is 5.49. The minimum Gasteiger partial charge on any atom is -0.481 e. The van der Waals surface area contributed by atoms with Crippen LogP contribution in [-0.2, 0) is 11.8 Å². The van der Waals surface area contributed by atoms with E-state index in [1.165, 1.54) is 0 Å². The fourth-order valence-electron chi connectivity index (χ4n) is 2.70. The average Bonchev–Trinajstić information content (AvgIpc) is 2.73. The van der Waals surface area contributed by atoms with Crippen LogP contribution in [0.2, 0.25) is 10.2 Å². The zero-order valence-corrected chi connectivity index (χ0v) is 13.2. The maximum atomic E-state index is 12.1. The highest BCUT2D eigenvalue weighted by molar-refractivity contribution is 6.41. The summed E-state index contributed by atoms with van der Waals surface area (Å²) in [5.41, 5.74) is 0.421. The van der Waals surface area contributed by atoms with E-state index >= 15 is 0 Å². The van der Waals surface area contributed by atoms with E-state index in [2.05, 4.69) is 5.32 Å². The van der Waals surface area contributed by atoms with Gasteiger partial charge in [-0.3, -0.25) is 9.59 Å². The Morgan fingerprint density at radius 2 is 1.95 bits per heavy atom. The first-order valence-electron chi connectivity index (χ1n) is 6.92. The lowest BCUT2D eigenvalue weighted by Crippen LogP contribution is -2.33. The van der Waals surface area contributed by atoms with Crippen molar-refractivity contribution >= 4 is 35.1 Å². The van der Waals surface area contributed by atoms with Crippen LogP contribution in [0.15, 0.2) is 6.07 Å². The first-order chi connectivity index (χ1) is 9.90. The van der Waals surface area contributed by atoms with Crippen LogP contribution in [-0.4, -0.2) is 28.1 Å². The molecular formula is C14H18Cl2N2O3. The lowest BCUT2D eigenvalue weighted by Gasteiger charge is -2.26. The summed E-state index contributed by atoms with van der Waals surface area (Å²) in [4.78, 5) is 23.0. The minimum absolute atomic E-state index is 0.216. The van der Waals surface area contributed by atoms with Gasteiger partial charge in [-0.15, -0.1) is 0 Å². The number of rotatable bonds is 4. The van der Waals surface area contributed by atoms with Crippen molar-refractivity contribution in [2.45, 2.75) is 25.7 Å².